The topological polar surface area (TPSA) is 55.4 Å². The molecule has 0 saturated carbocycles. The maximum atomic E-state index is 11.4. The van der Waals surface area contributed by atoms with E-state index in [1.165, 1.54) is 18.7 Å². The van der Waals surface area contributed by atoms with Crippen LogP contribution >= 0.6 is 11.8 Å². The molecule has 1 amide bonds. The van der Waals surface area contributed by atoms with Crippen LogP contribution in [0, 0.1) is 0 Å². The number of hydrogen-bond donors (Lipinski definition) is 1. The standard InChI is InChI=1S/C9H13NO3S/c1-3-13-9(12)7-4-5-14-8(7)10-6(2)11/h3-5H2,1-2H3,(H,10,11). The fourth-order valence-corrected chi connectivity index (χ4v) is 2.23. The van der Waals surface area contributed by atoms with E-state index in [9.17, 15) is 9.59 Å². The minimum Gasteiger partial charge on any atom is -0.463 e. The van der Waals surface area contributed by atoms with E-state index >= 15 is 0 Å². The minimum absolute atomic E-state index is 0.156. The Morgan fingerprint density at radius 3 is 2.86 bits per heavy atom. The maximum absolute atomic E-state index is 11.4. The van der Waals surface area contributed by atoms with Crippen molar-refractivity contribution < 1.29 is 14.3 Å². The van der Waals surface area contributed by atoms with E-state index in [4.69, 9.17) is 4.74 Å². The zero-order chi connectivity index (χ0) is 10.6. The normalized spacial score (nSPS) is 15.6. The summed E-state index contributed by atoms with van der Waals surface area (Å²) in [4.78, 5) is 22.2. The van der Waals surface area contributed by atoms with Crippen LogP contribution in [0.3, 0.4) is 0 Å². The lowest BCUT2D eigenvalue weighted by molar-refractivity contribution is -0.138. The summed E-state index contributed by atoms with van der Waals surface area (Å²) in [5.41, 5.74) is 0.590. The molecule has 1 aliphatic rings. The molecule has 0 atom stereocenters. The van der Waals surface area contributed by atoms with Crippen LogP contribution in [0.25, 0.3) is 0 Å². The molecule has 1 heterocycles. The molecule has 0 aliphatic carbocycles. The van der Waals surface area contributed by atoms with E-state index in [1.807, 2.05) is 0 Å². The first-order valence-electron chi connectivity index (χ1n) is 4.45. The zero-order valence-electron chi connectivity index (χ0n) is 8.25. The van der Waals surface area contributed by atoms with Crippen LogP contribution in [-0.4, -0.2) is 24.2 Å². The van der Waals surface area contributed by atoms with Gasteiger partial charge in [0.05, 0.1) is 17.2 Å². The highest BCUT2D eigenvalue weighted by molar-refractivity contribution is 8.03. The second-order valence-electron chi connectivity index (χ2n) is 2.81. The van der Waals surface area contributed by atoms with Crippen LogP contribution in [0.5, 0.6) is 0 Å². The van der Waals surface area contributed by atoms with Crippen LogP contribution in [0.1, 0.15) is 20.3 Å². The van der Waals surface area contributed by atoms with Crippen LogP contribution in [0.4, 0.5) is 0 Å². The summed E-state index contributed by atoms with van der Waals surface area (Å²) >= 11 is 1.48. The molecule has 0 unspecified atom stereocenters. The lowest BCUT2D eigenvalue weighted by atomic mass is 10.2. The summed E-state index contributed by atoms with van der Waals surface area (Å²) in [7, 11) is 0. The molecule has 78 valence electrons. The molecule has 0 saturated heterocycles. The Hall–Kier alpha value is -0.970. The first-order chi connectivity index (χ1) is 6.65. The number of esters is 1. The Morgan fingerprint density at radius 2 is 2.29 bits per heavy atom. The molecular formula is C9H13NO3S. The van der Waals surface area contributed by atoms with E-state index in [1.54, 1.807) is 6.92 Å². The molecule has 5 heteroatoms. The monoisotopic (exact) mass is 215 g/mol. The van der Waals surface area contributed by atoms with Crippen molar-refractivity contribution in [3.63, 3.8) is 0 Å². The number of ether oxygens (including phenoxy) is 1. The van der Waals surface area contributed by atoms with Crippen LogP contribution in [0.15, 0.2) is 10.6 Å². The van der Waals surface area contributed by atoms with Gasteiger partial charge in [-0.1, -0.05) is 0 Å². The van der Waals surface area contributed by atoms with Crippen molar-refractivity contribution in [2.45, 2.75) is 20.3 Å². The van der Waals surface area contributed by atoms with Gasteiger partial charge in [0.15, 0.2) is 0 Å². The minimum atomic E-state index is -0.318. The molecule has 0 aromatic carbocycles. The van der Waals surface area contributed by atoms with E-state index < -0.39 is 0 Å². The lowest BCUT2D eigenvalue weighted by Gasteiger charge is -2.05. The van der Waals surface area contributed by atoms with Crippen LogP contribution in [0.2, 0.25) is 0 Å². The van der Waals surface area contributed by atoms with Crippen molar-refractivity contribution in [3.05, 3.63) is 10.6 Å². The van der Waals surface area contributed by atoms with Gasteiger partial charge in [0, 0.05) is 12.7 Å². The third-order valence-electron chi connectivity index (χ3n) is 1.68. The SMILES string of the molecule is CCOC(=O)C1=C(NC(C)=O)SCC1. The third kappa shape index (κ3) is 2.77. The first-order valence-corrected chi connectivity index (χ1v) is 5.44. The second kappa shape index (κ2) is 5.05. The van der Waals surface area contributed by atoms with Crippen molar-refractivity contribution in [2.75, 3.05) is 12.4 Å². The van der Waals surface area contributed by atoms with Gasteiger partial charge in [-0.3, -0.25) is 4.79 Å². The summed E-state index contributed by atoms with van der Waals surface area (Å²) < 4.78 is 4.88. The fourth-order valence-electron chi connectivity index (χ4n) is 1.14. The highest BCUT2D eigenvalue weighted by Crippen LogP contribution is 2.29. The number of amides is 1. The summed E-state index contributed by atoms with van der Waals surface area (Å²) in [5.74, 6) is 0.349. The largest absolute Gasteiger partial charge is 0.463 e. The summed E-state index contributed by atoms with van der Waals surface area (Å²) in [6.07, 6.45) is 0.666. The fraction of sp³-hybridized carbons (Fsp3) is 0.556. The lowest BCUT2D eigenvalue weighted by Crippen LogP contribution is -2.20. The van der Waals surface area contributed by atoms with Crippen molar-refractivity contribution >= 4 is 23.6 Å². The van der Waals surface area contributed by atoms with Crippen molar-refractivity contribution in [1.82, 2.24) is 5.32 Å². The van der Waals surface area contributed by atoms with E-state index in [0.717, 1.165) is 5.75 Å². The Bertz CT molecular complexity index is 286. The Kier molecular flexibility index (Phi) is 4.00. The molecule has 0 radical (unpaired) electrons. The van der Waals surface area contributed by atoms with Gasteiger partial charge in [-0.25, -0.2) is 4.79 Å². The number of nitrogens with one attached hydrogen (secondary N) is 1. The summed E-state index contributed by atoms with van der Waals surface area (Å²) in [5, 5.41) is 3.28. The second-order valence-corrected chi connectivity index (χ2v) is 3.91. The molecule has 1 N–H and O–H groups in total. The van der Waals surface area contributed by atoms with E-state index in [0.29, 0.717) is 23.6 Å². The number of carbonyl (C=O) groups is 2. The Balaban J connectivity index is 2.71. The molecule has 0 aromatic rings. The highest BCUT2D eigenvalue weighted by atomic mass is 32.2. The number of thioether (sulfide) groups is 1. The quantitative estimate of drug-likeness (QED) is 0.714. The molecule has 1 rings (SSSR count). The molecular weight excluding hydrogens is 202 g/mol. The molecule has 0 aromatic heterocycles. The Morgan fingerprint density at radius 1 is 1.57 bits per heavy atom. The van der Waals surface area contributed by atoms with Crippen molar-refractivity contribution in [1.29, 1.82) is 0 Å². The maximum Gasteiger partial charge on any atom is 0.336 e. The smallest absolute Gasteiger partial charge is 0.336 e. The van der Waals surface area contributed by atoms with Crippen LogP contribution in [-0.2, 0) is 14.3 Å². The van der Waals surface area contributed by atoms with Gasteiger partial charge in [-0.15, -0.1) is 11.8 Å². The zero-order valence-corrected chi connectivity index (χ0v) is 9.07. The molecule has 4 nitrogen and oxygen atoms in total. The van der Waals surface area contributed by atoms with Gasteiger partial charge in [-0.05, 0) is 13.3 Å². The van der Waals surface area contributed by atoms with Gasteiger partial charge in [0.2, 0.25) is 5.91 Å². The molecule has 1 aliphatic heterocycles. The van der Waals surface area contributed by atoms with Gasteiger partial charge in [0.1, 0.15) is 0 Å². The summed E-state index contributed by atoms with van der Waals surface area (Å²) in [6.45, 7) is 3.55. The molecule has 0 spiro atoms. The predicted molar refractivity (Wildman–Crippen MR) is 54.6 cm³/mol. The Labute approximate surface area is 87.1 Å². The average Bonchev–Trinajstić information content (AvgIpc) is 2.51. The average molecular weight is 215 g/mol. The van der Waals surface area contributed by atoms with Gasteiger partial charge >= 0.3 is 5.97 Å². The first kappa shape index (κ1) is 11.1. The number of rotatable bonds is 3. The molecule has 0 bridgehead atoms. The highest BCUT2D eigenvalue weighted by Gasteiger charge is 2.23. The summed E-state index contributed by atoms with van der Waals surface area (Å²) in [6, 6.07) is 0. The number of carbonyl (C=O) groups excluding carboxylic acids is 2. The van der Waals surface area contributed by atoms with E-state index in [-0.39, 0.29) is 11.9 Å². The van der Waals surface area contributed by atoms with Gasteiger partial charge in [-0.2, -0.15) is 0 Å². The van der Waals surface area contributed by atoms with Gasteiger partial charge in [0.25, 0.3) is 0 Å². The van der Waals surface area contributed by atoms with Crippen LogP contribution < -0.4 is 5.32 Å². The predicted octanol–water partition coefficient (Wildman–Crippen LogP) is 1.03. The van der Waals surface area contributed by atoms with Crippen molar-refractivity contribution in [2.24, 2.45) is 0 Å². The third-order valence-corrected chi connectivity index (χ3v) is 2.73. The van der Waals surface area contributed by atoms with Crippen molar-refractivity contribution in [3.8, 4) is 0 Å². The van der Waals surface area contributed by atoms with E-state index in [2.05, 4.69) is 5.32 Å². The number of hydrogen-bond acceptors (Lipinski definition) is 4. The molecule has 0 fully saturated rings. The van der Waals surface area contributed by atoms with Gasteiger partial charge < -0.3 is 10.1 Å². The molecule has 14 heavy (non-hydrogen) atoms.